The van der Waals surface area contributed by atoms with Crippen molar-refractivity contribution >= 4 is 16.8 Å². The first kappa shape index (κ1) is 9.34. The van der Waals surface area contributed by atoms with Crippen molar-refractivity contribution in [3.05, 3.63) is 24.3 Å². The summed E-state index contributed by atoms with van der Waals surface area (Å²) in [7, 11) is 0. The van der Waals surface area contributed by atoms with Gasteiger partial charge in [0.25, 0.3) is 5.24 Å². The second-order valence-electron chi connectivity index (χ2n) is 3.34. The minimum absolute atomic E-state index is 0.145. The van der Waals surface area contributed by atoms with Crippen molar-refractivity contribution in [3.8, 4) is 11.5 Å². The molecule has 1 aliphatic rings. The van der Waals surface area contributed by atoms with E-state index in [1.165, 1.54) is 0 Å². The van der Waals surface area contributed by atoms with Crippen molar-refractivity contribution in [2.75, 3.05) is 6.61 Å². The number of benzene rings is 1. The van der Waals surface area contributed by atoms with Crippen LogP contribution < -0.4 is 9.47 Å². The lowest BCUT2D eigenvalue weighted by molar-refractivity contribution is -0.129. The van der Waals surface area contributed by atoms with E-state index in [2.05, 4.69) is 0 Å². The average molecular weight is 213 g/mol. The van der Waals surface area contributed by atoms with Crippen molar-refractivity contribution < 1.29 is 14.3 Å². The first-order chi connectivity index (χ1) is 6.62. The minimum atomic E-state index is -1.07. The van der Waals surface area contributed by atoms with Gasteiger partial charge in [0.05, 0.1) is 0 Å². The fourth-order valence-corrected chi connectivity index (χ4v) is 1.33. The molecule has 0 saturated carbocycles. The van der Waals surface area contributed by atoms with Gasteiger partial charge in [-0.25, -0.2) is 0 Å². The van der Waals surface area contributed by atoms with Crippen molar-refractivity contribution in [1.29, 1.82) is 0 Å². The van der Waals surface area contributed by atoms with Crippen LogP contribution in [0.2, 0.25) is 0 Å². The first-order valence-electron chi connectivity index (χ1n) is 4.23. The highest BCUT2D eigenvalue weighted by molar-refractivity contribution is 6.65. The van der Waals surface area contributed by atoms with E-state index in [-0.39, 0.29) is 6.61 Å². The van der Waals surface area contributed by atoms with Gasteiger partial charge in [-0.05, 0) is 30.7 Å². The molecule has 0 fully saturated rings. The Morgan fingerprint density at radius 1 is 1.43 bits per heavy atom. The molecule has 0 aromatic heterocycles. The van der Waals surface area contributed by atoms with Crippen LogP contribution in [0.5, 0.6) is 11.5 Å². The zero-order valence-electron chi connectivity index (χ0n) is 7.62. The highest BCUT2D eigenvalue weighted by atomic mass is 35.5. The number of carbonyl (C=O) groups is 1. The SMILES string of the molecule is C[C@]1(C(=O)Cl)COc2ccccc2O1. The van der Waals surface area contributed by atoms with Crippen molar-refractivity contribution in [1.82, 2.24) is 0 Å². The summed E-state index contributed by atoms with van der Waals surface area (Å²) in [6.07, 6.45) is 0. The van der Waals surface area contributed by atoms with Gasteiger partial charge in [0.2, 0.25) is 5.60 Å². The maximum atomic E-state index is 11.1. The van der Waals surface area contributed by atoms with E-state index in [0.29, 0.717) is 11.5 Å². The third-order valence-corrected chi connectivity index (χ3v) is 2.50. The van der Waals surface area contributed by atoms with E-state index in [9.17, 15) is 4.79 Å². The number of hydrogen-bond donors (Lipinski definition) is 0. The smallest absolute Gasteiger partial charge is 0.268 e. The van der Waals surface area contributed by atoms with Gasteiger partial charge >= 0.3 is 0 Å². The van der Waals surface area contributed by atoms with E-state index in [0.717, 1.165) is 0 Å². The number of carbonyl (C=O) groups excluding carboxylic acids is 1. The van der Waals surface area contributed by atoms with E-state index >= 15 is 0 Å². The molecule has 0 bridgehead atoms. The lowest BCUT2D eigenvalue weighted by Gasteiger charge is -2.32. The number of para-hydroxylation sites is 2. The summed E-state index contributed by atoms with van der Waals surface area (Å²) in [6.45, 7) is 1.75. The molecule has 3 nitrogen and oxygen atoms in total. The van der Waals surface area contributed by atoms with Crippen LogP contribution in [0.15, 0.2) is 24.3 Å². The summed E-state index contributed by atoms with van der Waals surface area (Å²) in [4.78, 5) is 11.1. The molecule has 1 atom stereocenters. The summed E-state index contributed by atoms with van der Waals surface area (Å²) >= 11 is 5.42. The Balaban J connectivity index is 2.34. The maximum Gasteiger partial charge on any atom is 0.268 e. The number of halogens is 1. The lowest BCUT2D eigenvalue weighted by atomic mass is 10.1. The van der Waals surface area contributed by atoms with Crippen molar-refractivity contribution in [2.24, 2.45) is 0 Å². The van der Waals surface area contributed by atoms with E-state index < -0.39 is 10.8 Å². The Bertz CT molecular complexity index is 377. The highest BCUT2D eigenvalue weighted by Crippen LogP contribution is 2.35. The Labute approximate surface area is 86.6 Å². The van der Waals surface area contributed by atoms with Crippen LogP contribution in [0, 0.1) is 0 Å². The van der Waals surface area contributed by atoms with Gasteiger partial charge in [-0.1, -0.05) is 12.1 Å². The lowest BCUT2D eigenvalue weighted by Crippen LogP contribution is -2.47. The molecule has 14 heavy (non-hydrogen) atoms. The monoisotopic (exact) mass is 212 g/mol. The Morgan fingerprint density at radius 2 is 2.07 bits per heavy atom. The summed E-state index contributed by atoms with van der Waals surface area (Å²) in [5.41, 5.74) is -1.07. The van der Waals surface area contributed by atoms with Crippen LogP contribution in [0.3, 0.4) is 0 Å². The fraction of sp³-hybridized carbons (Fsp3) is 0.300. The molecular formula is C10H9ClO3. The third kappa shape index (κ3) is 1.44. The number of hydrogen-bond acceptors (Lipinski definition) is 3. The van der Waals surface area contributed by atoms with Crippen LogP contribution in [-0.4, -0.2) is 17.5 Å². The van der Waals surface area contributed by atoms with Crippen molar-refractivity contribution in [2.45, 2.75) is 12.5 Å². The normalized spacial score (nSPS) is 24.4. The molecule has 4 heteroatoms. The molecule has 0 saturated heterocycles. The second-order valence-corrected chi connectivity index (χ2v) is 3.69. The predicted molar refractivity (Wildman–Crippen MR) is 51.8 cm³/mol. The Kier molecular flexibility index (Phi) is 2.11. The average Bonchev–Trinajstić information content (AvgIpc) is 2.17. The van der Waals surface area contributed by atoms with Crippen LogP contribution in [0.4, 0.5) is 0 Å². The zero-order chi connectivity index (χ0) is 10.2. The maximum absolute atomic E-state index is 11.1. The standard InChI is InChI=1S/C10H9ClO3/c1-10(9(11)12)6-13-7-4-2-3-5-8(7)14-10/h2-5H,6H2,1H3/t10-/m1/s1. The van der Waals surface area contributed by atoms with Gasteiger partial charge in [0.1, 0.15) is 6.61 Å². The minimum Gasteiger partial charge on any atom is -0.485 e. The largest absolute Gasteiger partial charge is 0.485 e. The number of fused-ring (bicyclic) bond motifs is 1. The molecule has 1 aliphatic heterocycles. The molecule has 1 aromatic rings. The molecular weight excluding hydrogens is 204 g/mol. The molecule has 0 amide bonds. The Hall–Kier alpha value is -1.22. The van der Waals surface area contributed by atoms with E-state index in [4.69, 9.17) is 21.1 Å². The Morgan fingerprint density at radius 3 is 2.71 bits per heavy atom. The van der Waals surface area contributed by atoms with Gasteiger partial charge < -0.3 is 9.47 Å². The molecule has 74 valence electrons. The molecule has 1 heterocycles. The van der Waals surface area contributed by atoms with Gasteiger partial charge in [0.15, 0.2) is 11.5 Å². The molecule has 0 aliphatic carbocycles. The summed E-state index contributed by atoms with van der Waals surface area (Å²) in [6, 6.07) is 7.18. The summed E-state index contributed by atoms with van der Waals surface area (Å²) in [5.74, 6) is 1.19. The van der Waals surface area contributed by atoms with Gasteiger partial charge in [0, 0.05) is 0 Å². The molecule has 2 rings (SSSR count). The van der Waals surface area contributed by atoms with Crippen molar-refractivity contribution in [3.63, 3.8) is 0 Å². The van der Waals surface area contributed by atoms with Crippen LogP contribution in [0.25, 0.3) is 0 Å². The quantitative estimate of drug-likeness (QED) is 0.668. The highest BCUT2D eigenvalue weighted by Gasteiger charge is 2.39. The molecule has 0 N–H and O–H groups in total. The molecule has 0 radical (unpaired) electrons. The third-order valence-electron chi connectivity index (χ3n) is 2.10. The van der Waals surface area contributed by atoms with Gasteiger partial charge in [-0.15, -0.1) is 0 Å². The van der Waals surface area contributed by atoms with E-state index in [1.807, 2.05) is 12.1 Å². The first-order valence-corrected chi connectivity index (χ1v) is 4.60. The van der Waals surface area contributed by atoms with Crippen LogP contribution in [-0.2, 0) is 4.79 Å². The number of rotatable bonds is 1. The topological polar surface area (TPSA) is 35.5 Å². The molecule has 1 aromatic carbocycles. The van der Waals surface area contributed by atoms with Gasteiger partial charge in [-0.2, -0.15) is 0 Å². The predicted octanol–water partition coefficient (Wildman–Crippen LogP) is 1.98. The molecule has 0 unspecified atom stereocenters. The number of ether oxygens (including phenoxy) is 2. The van der Waals surface area contributed by atoms with Gasteiger partial charge in [-0.3, -0.25) is 4.79 Å². The van der Waals surface area contributed by atoms with Crippen LogP contribution >= 0.6 is 11.6 Å². The summed E-state index contributed by atoms with van der Waals surface area (Å²) < 4.78 is 10.8. The summed E-state index contributed by atoms with van der Waals surface area (Å²) in [5, 5.41) is -0.549. The van der Waals surface area contributed by atoms with Crippen LogP contribution in [0.1, 0.15) is 6.92 Å². The fourth-order valence-electron chi connectivity index (χ4n) is 1.24. The molecule has 0 spiro atoms. The van der Waals surface area contributed by atoms with E-state index in [1.54, 1.807) is 19.1 Å². The second kappa shape index (κ2) is 3.17. The zero-order valence-corrected chi connectivity index (χ0v) is 8.38.